The number of carbonyl (C=O) groups excluding carboxylic acids is 1. The van der Waals surface area contributed by atoms with Crippen LogP contribution in [0, 0.1) is 6.92 Å². The Morgan fingerprint density at radius 3 is 2.70 bits per heavy atom. The molecule has 3 rings (SSSR count). The molecule has 2 aromatic carbocycles. The number of aryl methyl sites for hydroxylation is 1. The second kappa shape index (κ2) is 9.38. The van der Waals surface area contributed by atoms with Gasteiger partial charge < -0.3 is 10.1 Å². The Hall–Kier alpha value is -2.59. The first-order valence-electron chi connectivity index (χ1n) is 9.57. The highest BCUT2D eigenvalue weighted by molar-refractivity contribution is 5.91. The van der Waals surface area contributed by atoms with Crippen LogP contribution in [0.4, 0.5) is 0 Å². The third-order valence-corrected chi connectivity index (χ3v) is 5.02. The Labute approximate surface area is 161 Å². The van der Waals surface area contributed by atoms with Crippen LogP contribution < -0.4 is 10.1 Å². The smallest absolute Gasteiger partial charge is 0.244 e. The largest absolute Gasteiger partial charge is 0.496 e. The number of rotatable bonds is 7. The van der Waals surface area contributed by atoms with Gasteiger partial charge in [-0.25, -0.2) is 0 Å². The van der Waals surface area contributed by atoms with Crippen LogP contribution in [0.15, 0.2) is 54.6 Å². The zero-order valence-corrected chi connectivity index (χ0v) is 16.2. The minimum atomic E-state index is -0.0735. The monoisotopic (exact) mass is 364 g/mol. The lowest BCUT2D eigenvalue weighted by atomic mass is 10.0. The summed E-state index contributed by atoms with van der Waals surface area (Å²) in [6.07, 6.45) is 5.87. The van der Waals surface area contributed by atoms with Gasteiger partial charge in [0.1, 0.15) is 5.75 Å². The minimum Gasteiger partial charge on any atom is -0.496 e. The van der Waals surface area contributed by atoms with E-state index in [0.29, 0.717) is 6.54 Å². The van der Waals surface area contributed by atoms with Gasteiger partial charge in [0, 0.05) is 18.2 Å². The van der Waals surface area contributed by atoms with Crippen LogP contribution in [0.3, 0.4) is 0 Å². The summed E-state index contributed by atoms with van der Waals surface area (Å²) in [5.74, 6) is 0.801. The molecule has 1 aliphatic rings. The Kier molecular flexibility index (Phi) is 6.66. The summed E-state index contributed by atoms with van der Waals surface area (Å²) in [5, 5.41) is 3.07. The van der Waals surface area contributed by atoms with Gasteiger partial charge in [-0.3, -0.25) is 9.69 Å². The number of hydrogen-bond acceptors (Lipinski definition) is 3. The third-order valence-electron chi connectivity index (χ3n) is 5.02. The van der Waals surface area contributed by atoms with Crippen molar-refractivity contribution < 1.29 is 9.53 Å². The first-order valence-corrected chi connectivity index (χ1v) is 9.57. The van der Waals surface area contributed by atoms with Crippen LogP contribution in [0.2, 0.25) is 0 Å². The fraction of sp³-hybridized carbons (Fsp3) is 0.348. The van der Waals surface area contributed by atoms with Gasteiger partial charge in [-0.05, 0) is 50.6 Å². The summed E-state index contributed by atoms with van der Waals surface area (Å²) in [6, 6.07) is 16.3. The Morgan fingerprint density at radius 1 is 1.19 bits per heavy atom. The van der Waals surface area contributed by atoms with Crippen LogP contribution in [-0.4, -0.2) is 37.6 Å². The Balaban J connectivity index is 1.68. The topological polar surface area (TPSA) is 41.6 Å². The maximum atomic E-state index is 12.4. The number of para-hydroxylation sites is 1. The number of nitrogens with zero attached hydrogens (tertiary/aromatic N) is 1. The molecule has 0 aliphatic carbocycles. The van der Waals surface area contributed by atoms with Crippen LogP contribution in [-0.2, 0) is 4.79 Å². The summed E-state index contributed by atoms with van der Waals surface area (Å²) in [5.41, 5.74) is 3.35. The lowest BCUT2D eigenvalue weighted by molar-refractivity contribution is -0.116. The van der Waals surface area contributed by atoms with Gasteiger partial charge in [0.2, 0.25) is 5.91 Å². The molecule has 1 amide bonds. The number of benzene rings is 2. The summed E-state index contributed by atoms with van der Waals surface area (Å²) < 4.78 is 5.56. The summed E-state index contributed by atoms with van der Waals surface area (Å²) in [6.45, 7) is 4.72. The van der Waals surface area contributed by atoms with Crippen molar-refractivity contribution in [3.63, 3.8) is 0 Å². The number of nitrogens with one attached hydrogen (secondary N) is 1. The molecule has 4 nitrogen and oxygen atoms in total. The molecule has 0 bridgehead atoms. The van der Waals surface area contributed by atoms with Crippen molar-refractivity contribution in [2.45, 2.75) is 25.8 Å². The van der Waals surface area contributed by atoms with Gasteiger partial charge in [-0.15, -0.1) is 0 Å². The maximum absolute atomic E-state index is 12.4. The molecule has 0 saturated carbocycles. The number of hydrogen-bond donors (Lipinski definition) is 1. The number of amides is 1. The van der Waals surface area contributed by atoms with Gasteiger partial charge in [0.05, 0.1) is 13.2 Å². The van der Waals surface area contributed by atoms with Crippen LogP contribution >= 0.6 is 0 Å². The minimum absolute atomic E-state index is 0.0735. The molecule has 1 atom stereocenters. The molecule has 27 heavy (non-hydrogen) atoms. The molecule has 1 heterocycles. The van der Waals surface area contributed by atoms with E-state index in [1.807, 2.05) is 49.4 Å². The molecule has 1 N–H and O–H groups in total. The van der Waals surface area contributed by atoms with Gasteiger partial charge in [0.25, 0.3) is 0 Å². The third kappa shape index (κ3) is 5.20. The molecule has 2 aromatic rings. The van der Waals surface area contributed by atoms with Crippen LogP contribution in [0.25, 0.3) is 6.08 Å². The Morgan fingerprint density at radius 2 is 1.96 bits per heavy atom. The van der Waals surface area contributed by atoms with Gasteiger partial charge >= 0.3 is 0 Å². The molecule has 142 valence electrons. The maximum Gasteiger partial charge on any atom is 0.244 e. The lowest BCUT2D eigenvalue weighted by Gasteiger charge is -2.29. The number of ether oxygens (including phenoxy) is 1. The van der Waals surface area contributed by atoms with Crippen LogP contribution in [0.5, 0.6) is 5.75 Å². The quantitative estimate of drug-likeness (QED) is 0.756. The molecule has 1 aliphatic heterocycles. The second-order valence-corrected chi connectivity index (χ2v) is 6.99. The molecule has 0 spiro atoms. The normalized spacial score (nSPS) is 15.8. The van der Waals surface area contributed by atoms with Gasteiger partial charge in [-0.2, -0.15) is 0 Å². The second-order valence-electron chi connectivity index (χ2n) is 6.99. The van der Waals surface area contributed by atoms with Crippen LogP contribution in [0.1, 0.15) is 35.6 Å². The van der Waals surface area contributed by atoms with E-state index in [9.17, 15) is 4.79 Å². The molecule has 0 aromatic heterocycles. The fourth-order valence-corrected chi connectivity index (χ4v) is 3.63. The lowest BCUT2D eigenvalue weighted by Crippen LogP contribution is -2.36. The molecule has 4 heteroatoms. The molecule has 0 radical (unpaired) electrons. The predicted octanol–water partition coefficient (Wildman–Crippen LogP) is 3.97. The van der Waals surface area contributed by atoms with Crippen molar-refractivity contribution in [3.8, 4) is 5.75 Å². The van der Waals surface area contributed by atoms with E-state index < -0.39 is 0 Å². The number of likely N-dealkylation sites (tertiary alicyclic amines) is 1. The van der Waals surface area contributed by atoms with Crippen molar-refractivity contribution in [2.75, 3.05) is 26.7 Å². The van der Waals surface area contributed by atoms with E-state index >= 15 is 0 Å². The van der Waals surface area contributed by atoms with E-state index in [1.54, 1.807) is 13.2 Å². The van der Waals surface area contributed by atoms with E-state index in [4.69, 9.17) is 4.74 Å². The predicted molar refractivity (Wildman–Crippen MR) is 110 cm³/mol. The molecule has 1 unspecified atom stereocenters. The molecule has 1 fully saturated rings. The molecule has 1 saturated heterocycles. The summed E-state index contributed by atoms with van der Waals surface area (Å²) in [7, 11) is 1.70. The molecular formula is C23H28N2O2. The van der Waals surface area contributed by atoms with Crippen molar-refractivity contribution in [2.24, 2.45) is 0 Å². The highest BCUT2D eigenvalue weighted by Crippen LogP contribution is 2.31. The van der Waals surface area contributed by atoms with E-state index in [1.165, 1.54) is 18.4 Å². The SMILES string of the molecule is COc1ccccc1C(CNC(=O)/C=C/c1cccc(C)c1)N1CCCC1. The number of carbonyl (C=O) groups is 1. The average molecular weight is 364 g/mol. The van der Waals surface area contributed by atoms with E-state index in [2.05, 4.69) is 22.3 Å². The van der Waals surface area contributed by atoms with Gasteiger partial charge in [0.15, 0.2) is 0 Å². The van der Waals surface area contributed by atoms with Crippen molar-refractivity contribution in [3.05, 3.63) is 71.3 Å². The zero-order valence-electron chi connectivity index (χ0n) is 16.2. The van der Waals surface area contributed by atoms with Crippen molar-refractivity contribution in [1.82, 2.24) is 10.2 Å². The Bertz CT molecular complexity index is 794. The highest BCUT2D eigenvalue weighted by Gasteiger charge is 2.25. The first kappa shape index (κ1) is 19.2. The first-order chi connectivity index (χ1) is 13.2. The van der Waals surface area contributed by atoms with Crippen molar-refractivity contribution in [1.29, 1.82) is 0 Å². The molecular weight excluding hydrogens is 336 g/mol. The highest BCUT2D eigenvalue weighted by atomic mass is 16.5. The average Bonchev–Trinajstić information content (AvgIpc) is 3.21. The standard InChI is InChI=1S/C23H28N2O2/c1-18-8-7-9-19(16-18)12-13-23(26)24-17-21(25-14-5-6-15-25)20-10-3-4-11-22(20)27-2/h3-4,7-13,16,21H,5-6,14-15,17H2,1-2H3,(H,24,26)/b13-12+. The zero-order chi connectivity index (χ0) is 19.1. The summed E-state index contributed by atoms with van der Waals surface area (Å²) >= 11 is 0. The summed E-state index contributed by atoms with van der Waals surface area (Å²) in [4.78, 5) is 14.8. The van der Waals surface area contributed by atoms with E-state index in [0.717, 1.165) is 30.0 Å². The van der Waals surface area contributed by atoms with Crippen molar-refractivity contribution >= 4 is 12.0 Å². The number of methoxy groups -OCH3 is 1. The van der Waals surface area contributed by atoms with Gasteiger partial charge in [-0.1, -0.05) is 48.0 Å². The fourth-order valence-electron chi connectivity index (χ4n) is 3.63. The van der Waals surface area contributed by atoms with E-state index in [-0.39, 0.29) is 11.9 Å².